The van der Waals surface area contributed by atoms with Crippen molar-refractivity contribution in [3.05, 3.63) is 53.2 Å². The summed E-state index contributed by atoms with van der Waals surface area (Å²) in [5.41, 5.74) is 2.54. The van der Waals surface area contributed by atoms with Gasteiger partial charge >= 0.3 is 6.09 Å². The lowest BCUT2D eigenvalue weighted by Gasteiger charge is -2.33. The summed E-state index contributed by atoms with van der Waals surface area (Å²) in [6.45, 7) is 9.84. The Labute approximate surface area is 210 Å². The van der Waals surface area contributed by atoms with E-state index < -0.39 is 5.60 Å². The smallest absolute Gasteiger partial charge is 0.410 e. The largest absolute Gasteiger partial charge is 0.493 e. The number of pyridine rings is 1. The average molecular weight is 493 g/mol. The quantitative estimate of drug-likeness (QED) is 0.465. The van der Waals surface area contributed by atoms with Gasteiger partial charge in [-0.15, -0.1) is 11.3 Å². The molecular weight excluding hydrogens is 460 g/mol. The molecule has 1 atom stereocenters. The van der Waals surface area contributed by atoms with E-state index in [1.807, 2.05) is 33.0 Å². The highest BCUT2D eigenvalue weighted by Crippen LogP contribution is 2.34. The molecule has 2 aromatic heterocycles. The number of anilines is 1. The number of hydrogen-bond donors (Lipinski definition) is 1. The zero-order valence-corrected chi connectivity index (χ0v) is 21.5. The molecular formula is C27H32N4O3S. The first-order valence-electron chi connectivity index (χ1n) is 12.2. The van der Waals surface area contributed by atoms with E-state index in [9.17, 15) is 4.79 Å². The number of nitrogens with one attached hydrogen (secondary N) is 1. The summed E-state index contributed by atoms with van der Waals surface area (Å²) in [5, 5.41) is 6.71. The van der Waals surface area contributed by atoms with Gasteiger partial charge in [-0.2, -0.15) is 0 Å². The lowest BCUT2D eigenvalue weighted by Crippen LogP contribution is -2.42. The summed E-state index contributed by atoms with van der Waals surface area (Å²) in [4.78, 5) is 23.5. The van der Waals surface area contributed by atoms with Crippen LogP contribution in [0.3, 0.4) is 0 Å². The third-order valence-electron chi connectivity index (χ3n) is 6.38. The normalized spacial score (nSPS) is 18.6. The number of nitrogens with zero attached hydrogens (tertiary/aromatic N) is 3. The fourth-order valence-electron chi connectivity index (χ4n) is 4.46. The molecule has 0 spiro atoms. The van der Waals surface area contributed by atoms with Crippen LogP contribution in [0.25, 0.3) is 10.1 Å². The molecule has 7 nitrogen and oxygen atoms in total. The van der Waals surface area contributed by atoms with Gasteiger partial charge in [0.2, 0.25) is 0 Å². The van der Waals surface area contributed by atoms with Gasteiger partial charge in [-0.1, -0.05) is 0 Å². The third-order valence-corrected chi connectivity index (χ3v) is 7.25. The van der Waals surface area contributed by atoms with E-state index in [0.29, 0.717) is 25.6 Å². The number of amides is 1. The zero-order valence-electron chi connectivity index (χ0n) is 20.7. The number of thiophene rings is 1. The van der Waals surface area contributed by atoms with Crippen LogP contribution in [0, 0.1) is 5.92 Å². The molecule has 2 aliphatic heterocycles. The molecule has 0 aliphatic carbocycles. The van der Waals surface area contributed by atoms with Crippen LogP contribution in [0.5, 0.6) is 5.75 Å². The van der Waals surface area contributed by atoms with Crippen molar-refractivity contribution in [2.24, 2.45) is 10.9 Å². The number of piperidine rings is 1. The molecule has 2 aliphatic rings. The zero-order chi connectivity index (χ0) is 24.6. The van der Waals surface area contributed by atoms with Gasteiger partial charge in [0.15, 0.2) is 5.84 Å². The van der Waals surface area contributed by atoms with E-state index in [1.165, 1.54) is 10.1 Å². The number of aromatic nitrogens is 1. The number of benzene rings is 1. The molecule has 0 saturated carbocycles. The number of carbonyl (C=O) groups is 1. The van der Waals surface area contributed by atoms with E-state index in [-0.39, 0.29) is 12.1 Å². The Balaban J connectivity index is 1.18. The molecule has 0 bridgehead atoms. The van der Waals surface area contributed by atoms with Gasteiger partial charge in [0.25, 0.3) is 0 Å². The Morgan fingerprint density at radius 3 is 2.77 bits per heavy atom. The molecule has 3 aromatic rings. The van der Waals surface area contributed by atoms with Gasteiger partial charge in [-0.3, -0.25) is 9.98 Å². The number of carbonyl (C=O) groups excluding carboxylic acids is 1. The standard InChI is InChI=1S/C27H32N4O3S/c1-17-21-14-20(33-16-18-7-10-31(11-8-18)26(32)34-27(2,3)4)5-6-22(21)30-25(29-17)23-13-19-9-12-35-24(19)15-28-23/h5-6,9,12-15,17-18H,7-8,10-11,16H2,1-4H3,(H,29,30). The van der Waals surface area contributed by atoms with Crippen molar-refractivity contribution in [1.29, 1.82) is 0 Å². The summed E-state index contributed by atoms with van der Waals surface area (Å²) in [6.07, 6.45) is 3.52. The second-order valence-electron chi connectivity index (χ2n) is 10.3. The number of ether oxygens (including phenoxy) is 2. The van der Waals surface area contributed by atoms with Crippen molar-refractivity contribution >= 4 is 39.0 Å². The molecule has 35 heavy (non-hydrogen) atoms. The Morgan fingerprint density at radius 2 is 2.00 bits per heavy atom. The van der Waals surface area contributed by atoms with E-state index in [1.54, 1.807) is 16.2 Å². The molecule has 4 heterocycles. The minimum Gasteiger partial charge on any atom is -0.493 e. The lowest BCUT2D eigenvalue weighted by molar-refractivity contribution is 0.0165. The van der Waals surface area contributed by atoms with Crippen LogP contribution in [0.1, 0.15) is 57.8 Å². The van der Waals surface area contributed by atoms with Gasteiger partial charge in [0, 0.05) is 30.5 Å². The van der Waals surface area contributed by atoms with Gasteiger partial charge in [-0.25, -0.2) is 4.79 Å². The van der Waals surface area contributed by atoms with E-state index in [2.05, 4.69) is 46.9 Å². The Kier molecular flexibility index (Phi) is 6.40. The summed E-state index contributed by atoms with van der Waals surface area (Å²) >= 11 is 1.69. The van der Waals surface area contributed by atoms with Gasteiger partial charge < -0.3 is 19.7 Å². The fourth-order valence-corrected chi connectivity index (χ4v) is 5.20. The van der Waals surface area contributed by atoms with Crippen LogP contribution >= 0.6 is 11.3 Å². The SMILES string of the molecule is CC1N=C(c2cc3ccsc3cn2)Nc2ccc(OCC3CCN(C(=O)OC(C)(C)C)CC3)cc21. The van der Waals surface area contributed by atoms with Crippen molar-refractivity contribution in [3.63, 3.8) is 0 Å². The van der Waals surface area contributed by atoms with Crippen LogP contribution in [0.2, 0.25) is 0 Å². The van der Waals surface area contributed by atoms with Crippen LogP contribution in [-0.2, 0) is 4.74 Å². The first-order valence-corrected chi connectivity index (χ1v) is 13.1. The number of likely N-dealkylation sites (tertiary alicyclic amines) is 1. The van der Waals surface area contributed by atoms with Gasteiger partial charge in [0.1, 0.15) is 17.0 Å². The molecule has 5 rings (SSSR count). The molecule has 8 heteroatoms. The molecule has 1 fully saturated rings. The Hall–Kier alpha value is -3.13. The van der Waals surface area contributed by atoms with Crippen molar-refractivity contribution < 1.29 is 14.3 Å². The van der Waals surface area contributed by atoms with Crippen molar-refractivity contribution in [2.45, 2.75) is 52.2 Å². The van der Waals surface area contributed by atoms with Crippen LogP contribution in [0.4, 0.5) is 10.5 Å². The number of hydrogen-bond acceptors (Lipinski definition) is 7. The topological polar surface area (TPSA) is 76.1 Å². The maximum absolute atomic E-state index is 12.3. The molecule has 184 valence electrons. The molecule has 1 N–H and O–H groups in total. The minimum atomic E-state index is -0.464. The highest BCUT2D eigenvalue weighted by molar-refractivity contribution is 7.17. The van der Waals surface area contributed by atoms with Crippen LogP contribution in [0.15, 0.2) is 46.9 Å². The molecule has 0 radical (unpaired) electrons. The van der Waals surface area contributed by atoms with Crippen molar-refractivity contribution in [1.82, 2.24) is 9.88 Å². The number of fused-ring (bicyclic) bond motifs is 2. The van der Waals surface area contributed by atoms with Gasteiger partial charge in [-0.05, 0) is 87.6 Å². The third kappa shape index (κ3) is 5.42. The summed E-state index contributed by atoms with van der Waals surface area (Å²) < 4.78 is 12.8. The number of aliphatic imine (C=N–C) groups is 1. The minimum absolute atomic E-state index is 0.00170. The summed E-state index contributed by atoms with van der Waals surface area (Å²) in [5.74, 6) is 2.06. The predicted octanol–water partition coefficient (Wildman–Crippen LogP) is 6.26. The monoisotopic (exact) mass is 492 g/mol. The van der Waals surface area contributed by atoms with Crippen molar-refractivity contribution in [3.8, 4) is 5.75 Å². The second kappa shape index (κ2) is 9.49. The highest BCUT2D eigenvalue weighted by Gasteiger charge is 2.27. The maximum Gasteiger partial charge on any atom is 0.410 e. The average Bonchev–Trinajstić information content (AvgIpc) is 3.30. The van der Waals surface area contributed by atoms with Crippen LogP contribution < -0.4 is 10.1 Å². The Bertz CT molecular complexity index is 1250. The maximum atomic E-state index is 12.3. The Morgan fingerprint density at radius 1 is 1.20 bits per heavy atom. The summed E-state index contributed by atoms with van der Waals surface area (Å²) in [7, 11) is 0. The van der Waals surface area contributed by atoms with E-state index in [4.69, 9.17) is 14.5 Å². The lowest BCUT2D eigenvalue weighted by atomic mass is 9.98. The van der Waals surface area contributed by atoms with Gasteiger partial charge in [0.05, 0.1) is 17.3 Å². The van der Waals surface area contributed by atoms with E-state index in [0.717, 1.165) is 41.4 Å². The van der Waals surface area contributed by atoms with E-state index >= 15 is 0 Å². The fraction of sp³-hybridized carbons (Fsp3) is 0.444. The second-order valence-corrected chi connectivity index (χ2v) is 11.2. The summed E-state index contributed by atoms with van der Waals surface area (Å²) in [6, 6.07) is 10.3. The number of rotatable bonds is 4. The first-order chi connectivity index (χ1) is 16.7. The van der Waals surface area contributed by atoms with Crippen molar-refractivity contribution in [2.75, 3.05) is 25.0 Å². The predicted molar refractivity (Wildman–Crippen MR) is 141 cm³/mol. The van der Waals surface area contributed by atoms with Crippen LogP contribution in [-0.4, -0.2) is 47.1 Å². The molecule has 1 unspecified atom stereocenters. The first kappa shape index (κ1) is 23.6. The number of amidine groups is 1. The molecule has 1 amide bonds. The molecule has 1 aromatic carbocycles. The highest BCUT2D eigenvalue weighted by atomic mass is 32.1. The molecule has 1 saturated heterocycles.